The molecule has 1 N–H and O–H groups in total. The van der Waals surface area contributed by atoms with Crippen molar-refractivity contribution in [1.29, 1.82) is 0 Å². The number of aromatic carboxylic acids is 1. The van der Waals surface area contributed by atoms with Gasteiger partial charge in [-0.15, -0.1) is 0 Å². The van der Waals surface area contributed by atoms with E-state index in [4.69, 9.17) is 14.6 Å². The SMILES string of the molecule is O=C(O)c1cc(OCCC2CCCO2)ccc1Br. The molecule has 5 heteroatoms. The second kappa shape index (κ2) is 6.20. The fraction of sp³-hybridized carbons (Fsp3) is 0.462. The molecule has 18 heavy (non-hydrogen) atoms. The molecule has 0 aromatic heterocycles. The highest BCUT2D eigenvalue weighted by Crippen LogP contribution is 2.23. The summed E-state index contributed by atoms with van der Waals surface area (Å²) in [6, 6.07) is 4.97. The van der Waals surface area contributed by atoms with E-state index in [9.17, 15) is 4.79 Å². The van der Waals surface area contributed by atoms with E-state index in [1.165, 1.54) is 6.07 Å². The van der Waals surface area contributed by atoms with Crippen molar-refractivity contribution in [2.75, 3.05) is 13.2 Å². The standard InChI is InChI=1S/C13H15BrO4/c14-12-4-3-10(8-11(12)13(15)16)18-7-5-9-2-1-6-17-9/h3-4,8-9H,1-2,5-7H2,(H,15,16). The number of benzene rings is 1. The van der Waals surface area contributed by atoms with Gasteiger partial charge in [-0.2, -0.15) is 0 Å². The van der Waals surface area contributed by atoms with Crippen LogP contribution in [0.1, 0.15) is 29.6 Å². The molecule has 1 fully saturated rings. The molecule has 4 nitrogen and oxygen atoms in total. The van der Waals surface area contributed by atoms with Crippen molar-refractivity contribution in [3.8, 4) is 5.75 Å². The summed E-state index contributed by atoms with van der Waals surface area (Å²) in [4.78, 5) is 11.0. The van der Waals surface area contributed by atoms with E-state index < -0.39 is 5.97 Å². The second-order valence-corrected chi connectivity index (χ2v) is 5.07. The topological polar surface area (TPSA) is 55.8 Å². The van der Waals surface area contributed by atoms with Crippen molar-refractivity contribution in [3.63, 3.8) is 0 Å². The Balaban J connectivity index is 1.88. The molecule has 1 atom stereocenters. The average Bonchev–Trinajstić information content (AvgIpc) is 2.84. The lowest BCUT2D eigenvalue weighted by Gasteiger charge is -2.11. The Bertz CT molecular complexity index is 427. The average molecular weight is 315 g/mol. The number of hydrogen-bond acceptors (Lipinski definition) is 3. The highest BCUT2D eigenvalue weighted by atomic mass is 79.9. The summed E-state index contributed by atoms with van der Waals surface area (Å²) in [6.07, 6.45) is 3.34. The molecule has 1 heterocycles. The zero-order chi connectivity index (χ0) is 13.0. The van der Waals surface area contributed by atoms with Gasteiger partial charge in [0.1, 0.15) is 5.75 Å². The number of hydrogen-bond donors (Lipinski definition) is 1. The summed E-state index contributed by atoms with van der Waals surface area (Å²) in [5, 5.41) is 8.98. The van der Waals surface area contributed by atoms with Crippen molar-refractivity contribution in [3.05, 3.63) is 28.2 Å². The molecule has 1 aliphatic heterocycles. The molecule has 0 amide bonds. The first-order valence-corrected chi connectivity index (χ1v) is 6.73. The van der Waals surface area contributed by atoms with Gasteiger partial charge in [0, 0.05) is 17.5 Å². The van der Waals surface area contributed by atoms with Crippen molar-refractivity contribution in [1.82, 2.24) is 0 Å². The molecule has 1 aromatic rings. The van der Waals surface area contributed by atoms with Crippen LogP contribution < -0.4 is 4.74 Å². The van der Waals surface area contributed by atoms with Crippen LogP contribution in [0.5, 0.6) is 5.75 Å². The van der Waals surface area contributed by atoms with Gasteiger partial charge in [-0.1, -0.05) is 0 Å². The Morgan fingerprint density at radius 3 is 3.06 bits per heavy atom. The molecule has 0 spiro atoms. The maximum absolute atomic E-state index is 11.0. The lowest BCUT2D eigenvalue weighted by atomic mass is 10.2. The fourth-order valence-corrected chi connectivity index (χ4v) is 2.35. The number of carbonyl (C=O) groups is 1. The van der Waals surface area contributed by atoms with E-state index in [-0.39, 0.29) is 5.56 Å². The van der Waals surface area contributed by atoms with Crippen molar-refractivity contribution in [2.24, 2.45) is 0 Å². The van der Waals surface area contributed by atoms with E-state index in [1.807, 2.05) is 0 Å². The van der Waals surface area contributed by atoms with E-state index in [1.54, 1.807) is 12.1 Å². The minimum absolute atomic E-state index is 0.213. The van der Waals surface area contributed by atoms with Gasteiger partial charge >= 0.3 is 5.97 Å². The van der Waals surface area contributed by atoms with Crippen molar-refractivity contribution >= 4 is 21.9 Å². The molecule has 0 saturated carbocycles. The van der Waals surface area contributed by atoms with Crippen LogP contribution in [0.15, 0.2) is 22.7 Å². The van der Waals surface area contributed by atoms with Gasteiger partial charge < -0.3 is 14.6 Å². The van der Waals surface area contributed by atoms with Crippen LogP contribution in [0.4, 0.5) is 0 Å². The zero-order valence-electron chi connectivity index (χ0n) is 9.89. The van der Waals surface area contributed by atoms with Crippen LogP contribution in [-0.2, 0) is 4.74 Å². The van der Waals surface area contributed by atoms with Gasteiger partial charge in [0.15, 0.2) is 0 Å². The Labute approximate surface area is 114 Å². The largest absolute Gasteiger partial charge is 0.493 e. The maximum atomic E-state index is 11.0. The van der Waals surface area contributed by atoms with Crippen LogP contribution >= 0.6 is 15.9 Å². The molecule has 0 bridgehead atoms. The predicted molar refractivity (Wildman–Crippen MR) is 70.2 cm³/mol. The summed E-state index contributed by atoms with van der Waals surface area (Å²) < 4.78 is 11.6. The molecular formula is C13H15BrO4. The number of rotatable bonds is 5. The molecule has 1 aromatic carbocycles. The van der Waals surface area contributed by atoms with Crippen LogP contribution in [0, 0.1) is 0 Å². The van der Waals surface area contributed by atoms with E-state index >= 15 is 0 Å². The summed E-state index contributed by atoms with van der Waals surface area (Å²) in [7, 11) is 0. The fourth-order valence-electron chi connectivity index (χ4n) is 1.94. The van der Waals surface area contributed by atoms with Gasteiger partial charge in [0.2, 0.25) is 0 Å². The summed E-state index contributed by atoms with van der Waals surface area (Å²) in [6.45, 7) is 1.39. The van der Waals surface area contributed by atoms with Gasteiger partial charge in [0.25, 0.3) is 0 Å². The van der Waals surface area contributed by atoms with Gasteiger partial charge in [-0.3, -0.25) is 0 Å². The van der Waals surface area contributed by atoms with E-state index in [0.717, 1.165) is 25.9 Å². The third-order valence-corrected chi connectivity index (χ3v) is 3.59. The minimum Gasteiger partial charge on any atom is -0.493 e. The van der Waals surface area contributed by atoms with Gasteiger partial charge in [-0.25, -0.2) is 4.79 Å². The minimum atomic E-state index is -0.966. The molecule has 2 rings (SSSR count). The monoisotopic (exact) mass is 314 g/mol. The molecule has 1 unspecified atom stereocenters. The smallest absolute Gasteiger partial charge is 0.336 e. The first-order chi connectivity index (χ1) is 8.66. The molecule has 0 radical (unpaired) electrons. The molecule has 1 saturated heterocycles. The molecular weight excluding hydrogens is 300 g/mol. The van der Waals surface area contributed by atoms with E-state index in [2.05, 4.69) is 15.9 Å². The highest BCUT2D eigenvalue weighted by molar-refractivity contribution is 9.10. The number of carboxylic acid groups (broad SMARTS) is 1. The molecule has 98 valence electrons. The molecule has 0 aliphatic carbocycles. The highest BCUT2D eigenvalue weighted by Gasteiger charge is 2.15. The molecule has 1 aliphatic rings. The van der Waals surface area contributed by atoms with Gasteiger partial charge in [-0.05, 0) is 47.0 Å². The second-order valence-electron chi connectivity index (χ2n) is 4.22. The first-order valence-electron chi connectivity index (χ1n) is 5.94. The van der Waals surface area contributed by atoms with Crippen LogP contribution in [0.3, 0.4) is 0 Å². The third kappa shape index (κ3) is 3.46. The maximum Gasteiger partial charge on any atom is 0.336 e. The Hall–Kier alpha value is -1.07. The van der Waals surface area contributed by atoms with Crippen LogP contribution in [0.2, 0.25) is 0 Å². The lowest BCUT2D eigenvalue weighted by Crippen LogP contribution is -2.11. The number of carboxylic acids is 1. The number of halogens is 1. The lowest BCUT2D eigenvalue weighted by molar-refractivity contribution is 0.0694. The van der Waals surface area contributed by atoms with Crippen LogP contribution in [0.25, 0.3) is 0 Å². The van der Waals surface area contributed by atoms with E-state index in [0.29, 0.717) is 22.9 Å². The van der Waals surface area contributed by atoms with Crippen molar-refractivity contribution < 1.29 is 19.4 Å². The normalized spacial score (nSPS) is 18.8. The first kappa shape index (κ1) is 13.4. The summed E-state index contributed by atoms with van der Waals surface area (Å²) in [5.74, 6) is -0.389. The Morgan fingerprint density at radius 2 is 2.39 bits per heavy atom. The van der Waals surface area contributed by atoms with Gasteiger partial charge in [0.05, 0.1) is 18.3 Å². The zero-order valence-corrected chi connectivity index (χ0v) is 11.5. The third-order valence-electron chi connectivity index (χ3n) is 2.90. The van der Waals surface area contributed by atoms with Crippen LogP contribution in [-0.4, -0.2) is 30.4 Å². The Kier molecular flexibility index (Phi) is 4.60. The Morgan fingerprint density at radius 1 is 1.56 bits per heavy atom. The summed E-state index contributed by atoms with van der Waals surface area (Å²) in [5.41, 5.74) is 0.213. The summed E-state index contributed by atoms with van der Waals surface area (Å²) >= 11 is 3.20. The van der Waals surface area contributed by atoms with Crippen molar-refractivity contribution in [2.45, 2.75) is 25.4 Å². The predicted octanol–water partition coefficient (Wildman–Crippen LogP) is 3.10. The number of ether oxygens (including phenoxy) is 2. The quantitative estimate of drug-likeness (QED) is 0.907.